The van der Waals surface area contributed by atoms with Crippen molar-refractivity contribution in [3.05, 3.63) is 23.8 Å². The first-order valence-corrected chi connectivity index (χ1v) is 8.03. The van der Waals surface area contributed by atoms with E-state index in [9.17, 15) is 13.6 Å². The predicted octanol–water partition coefficient (Wildman–Crippen LogP) is 3.91. The standard InChI is InChI=1S/C17H21F2NO3/c1-11(2)9-12-5-7-20(8-6-12)16(21)13-3-4-14-15(10-13)23-17(18,19)22-14/h3-4,10-12H,5-9H2,1-2H3. The molecule has 1 aromatic carbocycles. The second-order valence-electron chi connectivity index (χ2n) is 6.69. The highest BCUT2D eigenvalue weighted by atomic mass is 19.3. The highest BCUT2D eigenvalue weighted by Gasteiger charge is 2.43. The van der Waals surface area contributed by atoms with E-state index >= 15 is 0 Å². The number of alkyl halides is 2. The number of benzene rings is 1. The van der Waals surface area contributed by atoms with Crippen LogP contribution in [0.2, 0.25) is 0 Å². The molecule has 1 aromatic rings. The summed E-state index contributed by atoms with van der Waals surface area (Å²) in [7, 11) is 0. The number of rotatable bonds is 3. The summed E-state index contributed by atoms with van der Waals surface area (Å²) < 4.78 is 34.8. The van der Waals surface area contributed by atoms with Crippen LogP contribution in [0.5, 0.6) is 11.5 Å². The largest absolute Gasteiger partial charge is 0.586 e. The van der Waals surface area contributed by atoms with E-state index in [-0.39, 0.29) is 17.4 Å². The molecule has 2 heterocycles. The van der Waals surface area contributed by atoms with Gasteiger partial charge in [0, 0.05) is 18.7 Å². The maximum absolute atomic E-state index is 13.0. The van der Waals surface area contributed by atoms with Gasteiger partial charge in [0.25, 0.3) is 5.91 Å². The Kier molecular flexibility index (Phi) is 4.17. The van der Waals surface area contributed by atoms with Crippen molar-refractivity contribution in [1.82, 2.24) is 4.90 Å². The molecule has 0 aliphatic carbocycles. The number of piperidine rings is 1. The summed E-state index contributed by atoms with van der Waals surface area (Å²) in [4.78, 5) is 14.3. The van der Waals surface area contributed by atoms with Gasteiger partial charge in [-0.1, -0.05) is 13.8 Å². The zero-order chi connectivity index (χ0) is 16.6. The first-order chi connectivity index (χ1) is 10.8. The van der Waals surface area contributed by atoms with E-state index in [1.807, 2.05) is 0 Å². The van der Waals surface area contributed by atoms with Crippen molar-refractivity contribution in [1.29, 1.82) is 0 Å². The van der Waals surface area contributed by atoms with Crippen LogP contribution >= 0.6 is 0 Å². The van der Waals surface area contributed by atoms with Crippen molar-refractivity contribution >= 4 is 5.91 Å². The third-order valence-corrected chi connectivity index (χ3v) is 4.35. The van der Waals surface area contributed by atoms with E-state index in [0.717, 1.165) is 12.8 Å². The van der Waals surface area contributed by atoms with Gasteiger partial charge >= 0.3 is 6.29 Å². The van der Waals surface area contributed by atoms with Gasteiger partial charge in [0.1, 0.15) is 0 Å². The van der Waals surface area contributed by atoms with E-state index in [1.54, 1.807) is 4.90 Å². The summed E-state index contributed by atoms with van der Waals surface area (Å²) in [6.45, 7) is 5.83. The fourth-order valence-corrected chi connectivity index (χ4v) is 3.30. The monoisotopic (exact) mass is 325 g/mol. The molecule has 1 amide bonds. The quantitative estimate of drug-likeness (QED) is 0.846. The minimum Gasteiger partial charge on any atom is -0.395 e. The van der Waals surface area contributed by atoms with Gasteiger partial charge in [0.05, 0.1) is 0 Å². The molecule has 0 N–H and O–H groups in total. The van der Waals surface area contributed by atoms with Gasteiger partial charge in [-0.2, -0.15) is 0 Å². The van der Waals surface area contributed by atoms with E-state index in [2.05, 4.69) is 23.3 Å². The molecule has 0 unspecified atom stereocenters. The number of likely N-dealkylation sites (tertiary alicyclic amines) is 1. The summed E-state index contributed by atoms with van der Waals surface area (Å²) in [5.74, 6) is 1.06. The van der Waals surface area contributed by atoms with E-state index in [0.29, 0.717) is 30.5 Å². The van der Waals surface area contributed by atoms with Gasteiger partial charge in [0.2, 0.25) is 0 Å². The second kappa shape index (κ2) is 5.98. The highest BCUT2D eigenvalue weighted by Crippen LogP contribution is 2.41. The van der Waals surface area contributed by atoms with Crippen LogP contribution in [0.15, 0.2) is 18.2 Å². The maximum atomic E-state index is 13.0. The summed E-state index contributed by atoms with van der Waals surface area (Å²) in [6, 6.07) is 4.19. The Bertz CT molecular complexity index is 596. The molecule has 0 radical (unpaired) electrons. The van der Waals surface area contributed by atoms with Crippen molar-refractivity contribution in [2.24, 2.45) is 11.8 Å². The van der Waals surface area contributed by atoms with Crippen LogP contribution in [0, 0.1) is 11.8 Å². The van der Waals surface area contributed by atoms with Gasteiger partial charge < -0.3 is 14.4 Å². The number of carbonyl (C=O) groups is 1. The summed E-state index contributed by atoms with van der Waals surface area (Å²) in [6.07, 6.45) is -0.487. The highest BCUT2D eigenvalue weighted by molar-refractivity contribution is 5.95. The van der Waals surface area contributed by atoms with E-state index in [4.69, 9.17) is 0 Å². The Hall–Kier alpha value is -1.85. The zero-order valence-corrected chi connectivity index (χ0v) is 13.4. The third kappa shape index (κ3) is 3.57. The number of hydrogen-bond donors (Lipinski definition) is 0. The zero-order valence-electron chi connectivity index (χ0n) is 13.4. The molecule has 2 aliphatic heterocycles. The lowest BCUT2D eigenvalue weighted by atomic mass is 9.88. The van der Waals surface area contributed by atoms with Crippen LogP contribution in [0.3, 0.4) is 0 Å². The van der Waals surface area contributed by atoms with E-state index < -0.39 is 6.29 Å². The van der Waals surface area contributed by atoms with Gasteiger partial charge in [-0.25, -0.2) is 0 Å². The van der Waals surface area contributed by atoms with Crippen LogP contribution in [0.1, 0.15) is 43.5 Å². The smallest absolute Gasteiger partial charge is 0.395 e. The van der Waals surface area contributed by atoms with Gasteiger partial charge in [-0.05, 0) is 49.3 Å². The van der Waals surface area contributed by atoms with Gasteiger partial charge in [0.15, 0.2) is 11.5 Å². The Balaban J connectivity index is 1.64. The summed E-state index contributed by atoms with van der Waals surface area (Å²) >= 11 is 0. The average Bonchev–Trinajstić information content (AvgIpc) is 2.79. The van der Waals surface area contributed by atoms with Crippen molar-refractivity contribution < 1.29 is 23.0 Å². The fraction of sp³-hybridized carbons (Fsp3) is 0.588. The lowest BCUT2D eigenvalue weighted by molar-refractivity contribution is -0.286. The molecule has 0 atom stereocenters. The van der Waals surface area contributed by atoms with Crippen molar-refractivity contribution in [3.8, 4) is 11.5 Å². The number of fused-ring (bicyclic) bond motifs is 1. The fourth-order valence-electron chi connectivity index (χ4n) is 3.30. The van der Waals surface area contributed by atoms with E-state index in [1.165, 1.54) is 24.6 Å². The van der Waals surface area contributed by atoms with Crippen LogP contribution in [-0.2, 0) is 0 Å². The molecule has 3 rings (SSSR count). The minimum atomic E-state index is -3.65. The maximum Gasteiger partial charge on any atom is 0.586 e. The first kappa shape index (κ1) is 16.0. The van der Waals surface area contributed by atoms with Gasteiger partial charge in [-0.15, -0.1) is 8.78 Å². The predicted molar refractivity (Wildman–Crippen MR) is 80.7 cm³/mol. The SMILES string of the molecule is CC(C)CC1CCN(C(=O)c2ccc3c(c2)OC(F)(F)O3)CC1. The molecule has 1 saturated heterocycles. The molecule has 0 spiro atoms. The summed E-state index contributed by atoms with van der Waals surface area (Å²) in [5, 5.41) is 0. The minimum absolute atomic E-state index is 0.0396. The average molecular weight is 325 g/mol. The Morgan fingerprint density at radius 3 is 2.57 bits per heavy atom. The lowest BCUT2D eigenvalue weighted by Gasteiger charge is -2.32. The number of hydrogen-bond acceptors (Lipinski definition) is 3. The topological polar surface area (TPSA) is 38.8 Å². The molecule has 2 aliphatic rings. The molecule has 0 saturated carbocycles. The molecule has 1 fully saturated rings. The Morgan fingerprint density at radius 1 is 1.26 bits per heavy atom. The first-order valence-electron chi connectivity index (χ1n) is 8.03. The third-order valence-electron chi connectivity index (χ3n) is 4.35. The van der Waals surface area contributed by atoms with Crippen molar-refractivity contribution in [2.75, 3.05) is 13.1 Å². The molecule has 0 aromatic heterocycles. The summed E-state index contributed by atoms with van der Waals surface area (Å²) in [5.41, 5.74) is 0.354. The van der Waals surface area contributed by atoms with Crippen LogP contribution in [-0.4, -0.2) is 30.2 Å². The van der Waals surface area contributed by atoms with Crippen LogP contribution in [0.25, 0.3) is 0 Å². The Labute approximate surface area is 134 Å². The number of amides is 1. The van der Waals surface area contributed by atoms with Gasteiger partial charge in [-0.3, -0.25) is 4.79 Å². The number of carbonyl (C=O) groups excluding carboxylic acids is 1. The molecule has 4 nitrogen and oxygen atoms in total. The van der Waals surface area contributed by atoms with Crippen LogP contribution in [0.4, 0.5) is 8.78 Å². The number of halogens is 2. The van der Waals surface area contributed by atoms with Crippen LogP contribution < -0.4 is 9.47 Å². The molecular weight excluding hydrogens is 304 g/mol. The second-order valence-corrected chi connectivity index (χ2v) is 6.69. The number of ether oxygens (including phenoxy) is 2. The Morgan fingerprint density at radius 2 is 1.91 bits per heavy atom. The molecule has 126 valence electrons. The lowest BCUT2D eigenvalue weighted by Crippen LogP contribution is -2.38. The number of nitrogens with zero attached hydrogens (tertiary/aromatic N) is 1. The van der Waals surface area contributed by atoms with Crippen molar-refractivity contribution in [3.63, 3.8) is 0 Å². The molecule has 23 heavy (non-hydrogen) atoms. The molecular formula is C17H21F2NO3. The molecule has 6 heteroatoms. The van der Waals surface area contributed by atoms with Crippen molar-refractivity contribution in [2.45, 2.75) is 39.4 Å². The molecule has 0 bridgehead atoms. The normalized spacial score (nSPS) is 20.1.